The van der Waals surface area contributed by atoms with E-state index in [0.717, 1.165) is 13.1 Å². The summed E-state index contributed by atoms with van der Waals surface area (Å²) >= 11 is 0. The number of anilines is 1. The molecule has 1 N–H and O–H groups in total. The monoisotopic (exact) mass is 228 g/mol. The van der Waals surface area contributed by atoms with Gasteiger partial charge in [0.05, 0.1) is 0 Å². The van der Waals surface area contributed by atoms with Gasteiger partial charge in [0.25, 0.3) is 0 Å². The Morgan fingerprint density at radius 3 is 3.00 bits per heavy atom. The summed E-state index contributed by atoms with van der Waals surface area (Å²) in [5.74, 6) is 0. The van der Waals surface area contributed by atoms with E-state index in [1.165, 1.54) is 25.7 Å². The van der Waals surface area contributed by atoms with Crippen molar-refractivity contribution in [3.05, 3.63) is 28.8 Å². The van der Waals surface area contributed by atoms with E-state index in [2.05, 4.69) is 29.3 Å². The van der Waals surface area contributed by atoms with Crippen molar-refractivity contribution in [3.8, 4) is 0 Å². The van der Waals surface area contributed by atoms with E-state index in [-0.39, 0.29) is 0 Å². The fourth-order valence-corrected chi connectivity index (χ4v) is 4.02. The van der Waals surface area contributed by atoms with Crippen LogP contribution in [0, 0.1) is 0 Å². The van der Waals surface area contributed by atoms with Crippen molar-refractivity contribution in [2.45, 2.75) is 44.7 Å². The average molecular weight is 228 g/mol. The summed E-state index contributed by atoms with van der Waals surface area (Å²) < 4.78 is 0. The highest BCUT2D eigenvalue weighted by Gasteiger charge is 2.37. The van der Waals surface area contributed by atoms with Crippen molar-refractivity contribution in [3.63, 3.8) is 0 Å². The first kappa shape index (κ1) is 9.95. The van der Waals surface area contributed by atoms with E-state index in [0.29, 0.717) is 12.1 Å². The lowest BCUT2D eigenvalue weighted by molar-refractivity contribution is 0.429. The predicted octanol–water partition coefficient (Wildman–Crippen LogP) is 1.90. The maximum absolute atomic E-state index is 3.57. The number of aryl methyl sites for hydroxylation is 1. The van der Waals surface area contributed by atoms with E-state index in [4.69, 9.17) is 0 Å². The molecule has 1 aliphatic carbocycles. The molecule has 0 aromatic heterocycles. The standard InChI is InChI=1S/C15H20N2/c1-10-8-16-9-13-7-12-6-5-11-3-2-4-14(11)15(12)17(10)13/h5-6,10,13,16H,2-4,7-9H2,1H3. The second-order valence-electron chi connectivity index (χ2n) is 5.84. The number of hydrogen-bond donors (Lipinski definition) is 1. The molecule has 1 aromatic rings. The predicted molar refractivity (Wildman–Crippen MR) is 70.8 cm³/mol. The maximum Gasteiger partial charge on any atom is 0.0459 e. The fourth-order valence-electron chi connectivity index (χ4n) is 4.02. The molecule has 1 saturated heterocycles. The van der Waals surface area contributed by atoms with Crippen LogP contribution in [0.3, 0.4) is 0 Å². The molecule has 0 spiro atoms. The summed E-state index contributed by atoms with van der Waals surface area (Å²) in [6.45, 7) is 4.66. The molecule has 1 fully saturated rings. The zero-order valence-corrected chi connectivity index (χ0v) is 10.5. The van der Waals surface area contributed by atoms with Gasteiger partial charge >= 0.3 is 0 Å². The third-order valence-corrected chi connectivity index (χ3v) is 4.74. The Balaban J connectivity index is 1.87. The molecule has 17 heavy (non-hydrogen) atoms. The summed E-state index contributed by atoms with van der Waals surface area (Å²) in [4.78, 5) is 2.72. The molecule has 2 heteroatoms. The van der Waals surface area contributed by atoms with Gasteiger partial charge < -0.3 is 10.2 Å². The van der Waals surface area contributed by atoms with Crippen LogP contribution in [0.1, 0.15) is 30.0 Å². The molecule has 3 aliphatic rings. The van der Waals surface area contributed by atoms with Crippen LogP contribution in [0.4, 0.5) is 5.69 Å². The summed E-state index contributed by atoms with van der Waals surface area (Å²) in [6, 6.07) is 6.14. The largest absolute Gasteiger partial charge is 0.362 e. The molecular weight excluding hydrogens is 208 g/mol. The van der Waals surface area contributed by atoms with E-state index in [1.807, 2.05) is 0 Å². The summed E-state index contributed by atoms with van der Waals surface area (Å²) in [5.41, 5.74) is 6.53. The van der Waals surface area contributed by atoms with Gasteiger partial charge in [-0.25, -0.2) is 0 Å². The van der Waals surface area contributed by atoms with Crippen LogP contribution in [0.25, 0.3) is 0 Å². The second kappa shape index (κ2) is 3.49. The van der Waals surface area contributed by atoms with Crippen molar-refractivity contribution in [2.24, 2.45) is 0 Å². The SMILES string of the molecule is CC1CNCC2Cc3ccc4c(c3N12)CCC4. The van der Waals surface area contributed by atoms with Crippen molar-refractivity contribution in [1.82, 2.24) is 5.32 Å². The first-order chi connectivity index (χ1) is 8.34. The van der Waals surface area contributed by atoms with Gasteiger partial charge in [0.2, 0.25) is 0 Å². The first-order valence-corrected chi connectivity index (χ1v) is 6.97. The smallest absolute Gasteiger partial charge is 0.0459 e. The minimum atomic E-state index is 0.655. The van der Waals surface area contributed by atoms with E-state index in [9.17, 15) is 0 Å². The van der Waals surface area contributed by atoms with Gasteiger partial charge in [-0.3, -0.25) is 0 Å². The number of benzene rings is 1. The van der Waals surface area contributed by atoms with E-state index >= 15 is 0 Å². The van der Waals surface area contributed by atoms with Crippen LogP contribution in [0.2, 0.25) is 0 Å². The van der Waals surface area contributed by atoms with Gasteiger partial charge in [0, 0.05) is 30.9 Å². The Morgan fingerprint density at radius 1 is 1.18 bits per heavy atom. The quantitative estimate of drug-likeness (QED) is 0.729. The van der Waals surface area contributed by atoms with Gasteiger partial charge in [0.1, 0.15) is 0 Å². The highest BCUT2D eigenvalue weighted by atomic mass is 15.3. The van der Waals surface area contributed by atoms with Crippen LogP contribution >= 0.6 is 0 Å². The zero-order chi connectivity index (χ0) is 11.4. The lowest BCUT2D eigenvalue weighted by Gasteiger charge is -2.39. The number of nitrogens with zero attached hydrogens (tertiary/aromatic N) is 1. The third kappa shape index (κ3) is 1.30. The average Bonchev–Trinajstić information content (AvgIpc) is 2.91. The highest BCUT2D eigenvalue weighted by molar-refractivity contribution is 5.68. The minimum absolute atomic E-state index is 0.655. The van der Waals surface area contributed by atoms with Gasteiger partial charge in [-0.05, 0) is 49.3 Å². The van der Waals surface area contributed by atoms with Crippen molar-refractivity contribution >= 4 is 5.69 Å². The third-order valence-electron chi connectivity index (χ3n) is 4.74. The Kier molecular flexibility index (Phi) is 2.04. The Morgan fingerprint density at radius 2 is 2.06 bits per heavy atom. The summed E-state index contributed by atoms with van der Waals surface area (Å²) in [6.07, 6.45) is 5.21. The van der Waals surface area contributed by atoms with Gasteiger partial charge in [-0.2, -0.15) is 0 Å². The molecule has 0 amide bonds. The minimum Gasteiger partial charge on any atom is -0.362 e. The number of hydrogen-bond acceptors (Lipinski definition) is 2. The number of piperazine rings is 1. The van der Waals surface area contributed by atoms with Crippen molar-refractivity contribution in [2.75, 3.05) is 18.0 Å². The summed E-state index contributed by atoms with van der Waals surface area (Å²) in [7, 11) is 0. The fraction of sp³-hybridized carbons (Fsp3) is 0.600. The molecule has 90 valence electrons. The van der Waals surface area contributed by atoms with Gasteiger partial charge in [-0.15, -0.1) is 0 Å². The van der Waals surface area contributed by atoms with Crippen molar-refractivity contribution < 1.29 is 0 Å². The zero-order valence-electron chi connectivity index (χ0n) is 10.5. The lowest BCUT2D eigenvalue weighted by atomic mass is 10.0. The Labute approximate surface area is 103 Å². The first-order valence-electron chi connectivity index (χ1n) is 6.97. The van der Waals surface area contributed by atoms with Crippen LogP contribution in [0.5, 0.6) is 0 Å². The normalized spacial score (nSPS) is 30.1. The molecule has 2 nitrogen and oxygen atoms in total. The van der Waals surface area contributed by atoms with Crippen LogP contribution in [0.15, 0.2) is 12.1 Å². The van der Waals surface area contributed by atoms with Crippen LogP contribution in [-0.4, -0.2) is 25.2 Å². The van der Waals surface area contributed by atoms with Gasteiger partial charge in [0.15, 0.2) is 0 Å². The maximum atomic E-state index is 3.57. The molecule has 2 unspecified atom stereocenters. The molecule has 0 bridgehead atoms. The summed E-state index contributed by atoms with van der Waals surface area (Å²) in [5, 5.41) is 3.57. The lowest BCUT2D eigenvalue weighted by Crippen LogP contribution is -2.55. The van der Waals surface area contributed by atoms with E-state index in [1.54, 1.807) is 22.4 Å². The molecule has 2 heterocycles. The highest BCUT2D eigenvalue weighted by Crippen LogP contribution is 2.42. The van der Waals surface area contributed by atoms with Crippen molar-refractivity contribution in [1.29, 1.82) is 0 Å². The molecule has 2 aliphatic heterocycles. The number of nitrogens with one attached hydrogen (secondary N) is 1. The van der Waals surface area contributed by atoms with Crippen LogP contribution in [-0.2, 0) is 19.3 Å². The topological polar surface area (TPSA) is 15.3 Å². The molecule has 0 saturated carbocycles. The molecule has 4 rings (SSSR count). The molecular formula is C15H20N2. The Bertz CT molecular complexity index is 466. The van der Waals surface area contributed by atoms with E-state index < -0.39 is 0 Å². The van der Waals surface area contributed by atoms with Gasteiger partial charge in [-0.1, -0.05) is 12.1 Å². The number of rotatable bonds is 0. The molecule has 2 atom stereocenters. The molecule has 0 radical (unpaired) electrons. The molecule has 1 aromatic carbocycles. The number of fused-ring (bicyclic) bond motifs is 5. The van der Waals surface area contributed by atoms with Crippen LogP contribution < -0.4 is 10.2 Å². The second-order valence-corrected chi connectivity index (χ2v) is 5.84. The Hall–Kier alpha value is -1.02.